The van der Waals surface area contributed by atoms with Gasteiger partial charge in [-0.25, -0.2) is 4.57 Å². The van der Waals surface area contributed by atoms with Crippen molar-refractivity contribution in [3.63, 3.8) is 0 Å². The van der Waals surface area contributed by atoms with Gasteiger partial charge < -0.3 is 28.4 Å². The number of aliphatic hydroxyl groups is 1. The molecule has 354 valence electrons. The largest absolute Gasteiger partial charge is 0.498 e. The van der Waals surface area contributed by atoms with Crippen LogP contribution in [0, 0.1) is 0 Å². The summed E-state index contributed by atoms with van der Waals surface area (Å²) in [4.78, 5) is 10.2. The highest BCUT2D eigenvalue weighted by Gasteiger charge is 2.25. The Bertz CT molecular complexity index is 952. The number of phosphoric acid groups is 1. The van der Waals surface area contributed by atoms with Crippen molar-refractivity contribution >= 4 is 7.82 Å². The van der Waals surface area contributed by atoms with Gasteiger partial charge in [-0.05, 0) is 37.8 Å². The van der Waals surface area contributed by atoms with Crippen molar-refractivity contribution in [3.05, 3.63) is 24.7 Å². The second kappa shape index (κ2) is 43.7. The Balaban J connectivity index is 0. The van der Waals surface area contributed by atoms with Crippen LogP contribution in [0.15, 0.2) is 24.7 Å². The quantitative estimate of drug-likeness (QED) is 0.0273. The standard InChI is InChI=1S/C44H88NO6P.C5H14NO/c1-6-8-10-12-14-16-18-20-22-24-26-28-30-32-34-36-39-48-42-44(43-51-52(46,47)50-41-38-45(3,4)5)49-40-37-35-33-31-29-27-25-23-21-19-17-15-13-11-9-7-2;1-6(2,3)4-5-7/h36-37,39-40,44H,6-35,38,41-43H2,1-5H3;7H,4-5H2,1-3H3/q;+1/p+1/t44-;/m1./s1. The Morgan fingerprint density at radius 1 is 0.492 bits per heavy atom. The summed E-state index contributed by atoms with van der Waals surface area (Å²) >= 11 is 0. The van der Waals surface area contributed by atoms with Crippen molar-refractivity contribution in [1.29, 1.82) is 0 Å². The third kappa shape index (κ3) is 55.1. The average molecular weight is 863 g/mol. The van der Waals surface area contributed by atoms with E-state index < -0.39 is 13.9 Å². The summed E-state index contributed by atoms with van der Waals surface area (Å²) in [5.74, 6) is 0. The zero-order valence-corrected chi connectivity index (χ0v) is 41.5. The first-order chi connectivity index (χ1) is 28.3. The Morgan fingerprint density at radius 2 is 0.847 bits per heavy atom. The van der Waals surface area contributed by atoms with Crippen molar-refractivity contribution < 1.29 is 42.1 Å². The number of nitrogens with zero attached hydrogens (tertiary/aromatic N) is 2. The van der Waals surface area contributed by atoms with Gasteiger partial charge in [0.25, 0.3) is 0 Å². The fraction of sp³-hybridized carbons (Fsp3) is 0.918. The minimum Gasteiger partial charge on any atom is -0.498 e. The highest BCUT2D eigenvalue weighted by molar-refractivity contribution is 7.47. The van der Waals surface area contributed by atoms with Crippen molar-refractivity contribution in [2.75, 3.05) is 81.8 Å². The van der Waals surface area contributed by atoms with E-state index in [9.17, 15) is 9.46 Å². The van der Waals surface area contributed by atoms with Crippen LogP contribution in [0.3, 0.4) is 0 Å². The Labute approximate surface area is 367 Å². The fourth-order valence-electron chi connectivity index (χ4n) is 6.52. The van der Waals surface area contributed by atoms with E-state index in [0.717, 1.165) is 30.3 Å². The highest BCUT2D eigenvalue weighted by atomic mass is 31.2. The molecule has 0 aromatic heterocycles. The number of ether oxygens (including phenoxy) is 2. The van der Waals surface area contributed by atoms with E-state index in [1.807, 2.05) is 27.2 Å². The lowest BCUT2D eigenvalue weighted by Gasteiger charge is -2.24. The van der Waals surface area contributed by atoms with Gasteiger partial charge in [0.05, 0.1) is 68.0 Å². The zero-order valence-electron chi connectivity index (χ0n) is 40.6. The Kier molecular flexibility index (Phi) is 44.6. The van der Waals surface area contributed by atoms with E-state index in [-0.39, 0.29) is 26.4 Å². The predicted molar refractivity (Wildman–Crippen MR) is 254 cm³/mol. The number of hydrogen-bond acceptors (Lipinski definition) is 6. The summed E-state index contributed by atoms with van der Waals surface area (Å²) in [5.41, 5.74) is 0. The lowest BCUT2D eigenvalue weighted by molar-refractivity contribution is -0.870. The number of rotatable bonds is 44. The van der Waals surface area contributed by atoms with Crippen molar-refractivity contribution in [3.8, 4) is 0 Å². The first kappa shape index (κ1) is 60.2. The average Bonchev–Trinajstić information content (AvgIpc) is 3.16. The van der Waals surface area contributed by atoms with E-state index in [2.05, 4.69) is 41.1 Å². The van der Waals surface area contributed by atoms with Crippen LogP contribution < -0.4 is 0 Å². The van der Waals surface area contributed by atoms with Crippen LogP contribution in [0.5, 0.6) is 0 Å². The van der Waals surface area contributed by atoms with Crippen LogP contribution in [0.25, 0.3) is 0 Å². The lowest BCUT2D eigenvalue weighted by Crippen LogP contribution is -2.37. The Hall–Kier alpha value is -0.930. The van der Waals surface area contributed by atoms with E-state index in [1.165, 1.54) is 173 Å². The molecule has 0 spiro atoms. The van der Waals surface area contributed by atoms with E-state index in [0.29, 0.717) is 11.0 Å². The normalized spacial score (nSPS) is 13.8. The molecule has 0 saturated carbocycles. The molecule has 0 amide bonds. The van der Waals surface area contributed by atoms with Crippen LogP contribution in [-0.4, -0.2) is 107 Å². The predicted octanol–water partition coefficient (Wildman–Crippen LogP) is 13.7. The number of phosphoric ester groups is 1. The first-order valence-electron chi connectivity index (χ1n) is 24.7. The summed E-state index contributed by atoms with van der Waals surface area (Å²) in [6, 6.07) is 0. The number of quaternary nitrogens is 2. The van der Waals surface area contributed by atoms with Gasteiger partial charge in [-0.1, -0.05) is 181 Å². The number of unbranched alkanes of at least 4 members (excludes halogenated alkanes) is 28. The van der Waals surface area contributed by atoms with E-state index in [1.54, 1.807) is 12.5 Å². The van der Waals surface area contributed by atoms with Crippen LogP contribution in [0.2, 0.25) is 0 Å². The summed E-state index contributed by atoms with van der Waals surface area (Å²) in [6.45, 7) is 6.56. The van der Waals surface area contributed by atoms with E-state index >= 15 is 0 Å². The lowest BCUT2D eigenvalue weighted by atomic mass is 10.0. The SMILES string of the molecule is CCCCCCCCCCCCCCCCC=COC[C@H](COP(=O)(O)OCC[N+](C)(C)C)OC=CCCCCCCCCCCCCCCCC.C[N+](C)(C)CCO. The molecular weight excluding hydrogens is 760 g/mol. The molecule has 2 atom stereocenters. The molecule has 59 heavy (non-hydrogen) atoms. The number of allylic oxidation sites excluding steroid dienone is 2. The van der Waals surface area contributed by atoms with Gasteiger partial charge in [0.1, 0.15) is 26.3 Å². The number of likely N-dealkylation sites (N-methyl/N-ethyl adjacent to an activating group) is 2. The maximum absolute atomic E-state index is 12.5. The molecular formula is C49H103N2O7P+2. The van der Waals surface area contributed by atoms with Crippen LogP contribution >= 0.6 is 7.82 Å². The van der Waals surface area contributed by atoms with Crippen LogP contribution in [0.4, 0.5) is 0 Å². The zero-order chi connectivity index (χ0) is 44.2. The first-order valence-corrected chi connectivity index (χ1v) is 26.2. The summed E-state index contributed by atoms with van der Waals surface area (Å²) in [6.07, 6.45) is 47.0. The molecule has 0 aromatic carbocycles. The van der Waals surface area contributed by atoms with Crippen LogP contribution in [0.1, 0.15) is 206 Å². The maximum Gasteiger partial charge on any atom is 0.472 e. The summed E-state index contributed by atoms with van der Waals surface area (Å²) in [5, 5.41) is 8.39. The third-order valence-electron chi connectivity index (χ3n) is 10.5. The van der Waals surface area contributed by atoms with Crippen molar-refractivity contribution in [1.82, 2.24) is 0 Å². The molecule has 2 N–H and O–H groups in total. The summed E-state index contributed by atoms with van der Waals surface area (Å²) < 4.78 is 36.1. The summed E-state index contributed by atoms with van der Waals surface area (Å²) in [7, 11) is 8.00. The van der Waals surface area contributed by atoms with Crippen molar-refractivity contribution in [2.24, 2.45) is 0 Å². The minimum absolute atomic E-state index is 0.0891. The van der Waals surface area contributed by atoms with Gasteiger partial charge in [0.15, 0.2) is 6.10 Å². The van der Waals surface area contributed by atoms with Gasteiger partial charge in [0.2, 0.25) is 0 Å². The molecule has 0 rings (SSSR count). The minimum atomic E-state index is -4.18. The Morgan fingerprint density at radius 3 is 1.19 bits per heavy atom. The molecule has 10 heteroatoms. The highest BCUT2D eigenvalue weighted by Crippen LogP contribution is 2.43. The molecule has 0 aliphatic carbocycles. The molecule has 0 bridgehead atoms. The molecule has 0 fully saturated rings. The molecule has 0 aliphatic heterocycles. The van der Waals surface area contributed by atoms with Crippen molar-refractivity contribution in [2.45, 2.75) is 213 Å². The van der Waals surface area contributed by atoms with Gasteiger partial charge in [-0.2, -0.15) is 0 Å². The molecule has 0 heterocycles. The van der Waals surface area contributed by atoms with Gasteiger partial charge in [-0.3, -0.25) is 9.05 Å². The molecule has 0 radical (unpaired) electrons. The van der Waals surface area contributed by atoms with Gasteiger partial charge in [-0.15, -0.1) is 0 Å². The monoisotopic (exact) mass is 863 g/mol. The second-order valence-electron chi connectivity index (χ2n) is 19.0. The molecule has 0 saturated heterocycles. The van der Waals surface area contributed by atoms with Gasteiger partial charge >= 0.3 is 7.82 Å². The molecule has 9 nitrogen and oxygen atoms in total. The third-order valence-corrected chi connectivity index (χ3v) is 11.5. The smallest absolute Gasteiger partial charge is 0.472 e. The number of hydrogen-bond donors (Lipinski definition) is 2. The fourth-order valence-corrected chi connectivity index (χ4v) is 7.26. The molecule has 1 unspecified atom stereocenters. The number of aliphatic hydroxyl groups excluding tert-OH is 1. The second-order valence-corrected chi connectivity index (χ2v) is 20.4. The maximum atomic E-state index is 12.5. The topological polar surface area (TPSA) is 94.5 Å². The van der Waals surface area contributed by atoms with Crippen LogP contribution in [-0.2, 0) is 23.1 Å². The van der Waals surface area contributed by atoms with Gasteiger partial charge in [0, 0.05) is 0 Å². The molecule has 0 aliphatic rings. The van der Waals surface area contributed by atoms with E-state index in [4.69, 9.17) is 23.6 Å². The molecule has 0 aromatic rings.